The zero-order chi connectivity index (χ0) is 18.3. The molecule has 0 rings (SSSR count). The number of rotatable bonds is 9. The highest BCUT2D eigenvalue weighted by Gasteiger charge is 2.31. The Morgan fingerprint density at radius 3 is 1.87 bits per heavy atom. The average Bonchev–Trinajstić information content (AvgIpc) is 2.41. The van der Waals surface area contributed by atoms with Crippen LogP contribution in [0.5, 0.6) is 0 Å². The number of carboxylic acid groups (broad SMARTS) is 1. The monoisotopic (exact) mass is 331 g/mol. The van der Waals surface area contributed by atoms with Crippen molar-refractivity contribution in [1.82, 2.24) is 10.6 Å². The Balaban J connectivity index is 4.98. The third kappa shape index (κ3) is 7.43. The van der Waals surface area contributed by atoms with Crippen molar-refractivity contribution in [2.75, 3.05) is 0 Å². The molecule has 0 bridgehead atoms. The molecule has 0 aromatic carbocycles. The average molecular weight is 331 g/mol. The molecule has 8 heteroatoms. The van der Waals surface area contributed by atoms with Gasteiger partial charge in [0.05, 0.1) is 12.1 Å². The molecule has 23 heavy (non-hydrogen) atoms. The van der Waals surface area contributed by atoms with Crippen molar-refractivity contribution in [3.63, 3.8) is 0 Å². The van der Waals surface area contributed by atoms with E-state index in [-0.39, 0.29) is 18.3 Å². The second kappa shape index (κ2) is 9.46. The van der Waals surface area contributed by atoms with Gasteiger partial charge in [-0.1, -0.05) is 27.7 Å². The summed E-state index contributed by atoms with van der Waals surface area (Å²) >= 11 is 0. The normalized spacial score (nSPS) is 16.6. The van der Waals surface area contributed by atoms with E-state index < -0.39 is 42.0 Å². The summed E-state index contributed by atoms with van der Waals surface area (Å²) < 4.78 is 0. The van der Waals surface area contributed by atoms with E-state index in [2.05, 4.69) is 10.6 Å². The van der Waals surface area contributed by atoms with Crippen LogP contribution >= 0.6 is 0 Å². The lowest BCUT2D eigenvalue weighted by Crippen LogP contribution is -2.58. The van der Waals surface area contributed by atoms with E-state index >= 15 is 0 Å². The smallest absolute Gasteiger partial charge is 0.326 e. The van der Waals surface area contributed by atoms with Crippen LogP contribution in [0.2, 0.25) is 0 Å². The van der Waals surface area contributed by atoms with Crippen LogP contribution in [0.3, 0.4) is 0 Å². The number of hydrogen-bond acceptors (Lipinski definition) is 5. The summed E-state index contributed by atoms with van der Waals surface area (Å²) in [5, 5.41) is 23.6. The number of carbonyl (C=O) groups is 3. The van der Waals surface area contributed by atoms with Crippen LogP contribution in [0, 0.1) is 11.8 Å². The molecule has 4 atom stereocenters. The highest BCUT2D eigenvalue weighted by Crippen LogP contribution is 2.06. The van der Waals surface area contributed by atoms with Crippen LogP contribution in [0.1, 0.15) is 41.0 Å². The van der Waals surface area contributed by atoms with Gasteiger partial charge < -0.3 is 26.6 Å². The van der Waals surface area contributed by atoms with Crippen LogP contribution in [0.15, 0.2) is 0 Å². The summed E-state index contributed by atoms with van der Waals surface area (Å²) in [7, 11) is 0. The van der Waals surface area contributed by atoms with Gasteiger partial charge in [0.15, 0.2) is 0 Å². The molecule has 0 heterocycles. The van der Waals surface area contributed by atoms with Crippen molar-refractivity contribution < 1.29 is 24.6 Å². The van der Waals surface area contributed by atoms with Gasteiger partial charge in [0.25, 0.3) is 0 Å². The van der Waals surface area contributed by atoms with Crippen LogP contribution in [0.4, 0.5) is 0 Å². The standard InChI is InChI=1S/C15H29N3O5/c1-7(2)6-10(15(22)23)17-14(21)12(9(5)19)18-13(20)11(16)8(3)4/h7-12,19H,6,16H2,1-5H3,(H,17,21)(H,18,20)(H,22,23)/t9-,10-,11-,12-/m1/s1. The third-order valence-electron chi connectivity index (χ3n) is 3.41. The summed E-state index contributed by atoms with van der Waals surface area (Å²) in [6.07, 6.45) is -0.945. The zero-order valence-corrected chi connectivity index (χ0v) is 14.4. The largest absolute Gasteiger partial charge is 0.480 e. The van der Waals surface area contributed by atoms with Gasteiger partial charge in [-0.2, -0.15) is 0 Å². The molecule has 0 unspecified atom stereocenters. The number of nitrogens with two attached hydrogens (primary N) is 1. The molecular weight excluding hydrogens is 302 g/mol. The number of carboxylic acids is 1. The van der Waals surface area contributed by atoms with Gasteiger partial charge in [-0.15, -0.1) is 0 Å². The first-order valence-corrected chi connectivity index (χ1v) is 7.74. The maximum absolute atomic E-state index is 12.2. The lowest BCUT2D eigenvalue weighted by Gasteiger charge is -2.25. The van der Waals surface area contributed by atoms with E-state index in [9.17, 15) is 19.5 Å². The van der Waals surface area contributed by atoms with Crippen LogP contribution in [-0.2, 0) is 14.4 Å². The van der Waals surface area contributed by atoms with Crippen molar-refractivity contribution in [2.24, 2.45) is 17.6 Å². The fourth-order valence-electron chi connectivity index (χ4n) is 1.91. The van der Waals surface area contributed by atoms with Gasteiger partial charge in [0.1, 0.15) is 12.1 Å². The lowest BCUT2D eigenvalue weighted by molar-refractivity contribution is -0.143. The topological polar surface area (TPSA) is 142 Å². The van der Waals surface area contributed by atoms with Gasteiger partial charge in [-0.05, 0) is 25.2 Å². The molecule has 0 saturated heterocycles. The van der Waals surface area contributed by atoms with Crippen molar-refractivity contribution in [3.8, 4) is 0 Å². The summed E-state index contributed by atoms with van der Waals surface area (Å²) in [6.45, 7) is 8.51. The molecule has 0 radical (unpaired) electrons. The Kier molecular flexibility index (Phi) is 8.78. The molecule has 0 fully saturated rings. The molecule has 2 amide bonds. The highest BCUT2D eigenvalue weighted by atomic mass is 16.4. The quantitative estimate of drug-likeness (QED) is 0.384. The molecule has 6 N–H and O–H groups in total. The van der Waals surface area contributed by atoms with Crippen molar-refractivity contribution >= 4 is 17.8 Å². The van der Waals surface area contributed by atoms with E-state index in [1.165, 1.54) is 6.92 Å². The highest BCUT2D eigenvalue weighted by molar-refractivity contribution is 5.92. The van der Waals surface area contributed by atoms with Gasteiger partial charge in [0.2, 0.25) is 11.8 Å². The first kappa shape index (κ1) is 21.3. The molecule has 0 aliphatic carbocycles. The van der Waals surface area contributed by atoms with Gasteiger partial charge in [0, 0.05) is 0 Å². The third-order valence-corrected chi connectivity index (χ3v) is 3.41. The van der Waals surface area contributed by atoms with Gasteiger partial charge in [-0.3, -0.25) is 9.59 Å². The lowest BCUT2D eigenvalue weighted by atomic mass is 10.0. The minimum Gasteiger partial charge on any atom is -0.480 e. The minimum atomic E-state index is -1.26. The van der Waals surface area contributed by atoms with Crippen LogP contribution in [0.25, 0.3) is 0 Å². The first-order valence-electron chi connectivity index (χ1n) is 7.74. The zero-order valence-electron chi connectivity index (χ0n) is 14.4. The number of aliphatic hydroxyl groups is 1. The second-order valence-electron chi connectivity index (χ2n) is 6.53. The SMILES string of the molecule is CC(C)C[C@@H](NC(=O)[C@H](NC(=O)[C@H](N)C(C)C)[C@@H](C)O)C(=O)O. The molecule has 0 aromatic rings. The van der Waals surface area contributed by atoms with E-state index in [4.69, 9.17) is 10.8 Å². The summed E-state index contributed by atoms with van der Waals surface area (Å²) in [5.74, 6) is -2.57. The van der Waals surface area contributed by atoms with Crippen LogP contribution < -0.4 is 16.4 Å². The van der Waals surface area contributed by atoms with E-state index in [0.29, 0.717) is 0 Å². The molecule has 134 valence electrons. The van der Waals surface area contributed by atoms with Crippen molar-refractivity contribution in [1.29, 1.82) is 0 Å². The molecule has 0 aliphatic heterocycles. The fourth-order valence-corrected chi connectivity index (χ4v) is 1.91. The maximum atomic E-state index is 12.2. The number of aliphatic carboxylic acids is 1. The van der Waals surface area contributed by atoms with E-state index in [0.717, 1.165) is 0 Å². The molecule has 0 spiro atoms. The van der Waals surface area contributed by atoms with E-state index in [1.54, 1.807) is 13.8 Å². The van der Waals surface area contributed by atoms with Gasteiger partial charge >= 0.3 is 5.97 Å². The maximum Gasteiger partial charge on any atom is 0.326 e. The summed E-state index contributed by atoms with van der Waals surface area (Å²) in [6, 6.07) is -3.17. The Morgan fingerprint density at radius 1 is 1.00 bits per heavy atom. The molecular formula is C15H29N3O5. The Hall–Kier alpha value is -1.67. The Bertz CT molecular complexity index is 423. The first-order chi connectivity index (χ1) is 10.5. The number of amides is 2. The Labute approximate surface area is 136 Å². The second-order valence-corrected chi connectivity index (χ2v) is 6.53. The fraction of sp³-hybridized carbons (Fsp3) is 0.800. The predicted octanol–water partition coefficient (Wildman–Crippen LogP) is -0.549. The number of nitrogens with one attached hydrogen (secondary N) is 2. The Morgan fingerprint density at radius 2 is 1.52 bits per heavy atom. The van der Waals surface area contributed by atoms with Crippen molar-refractivity contribution in [2.45, 2.75) is 65.3 Å². The molecule has 8 nitrogen and oxygen atoms in total. The van der Waals surface area contributed by atoms with E-state index in [1.807, 2.05) is 13.8 Å². The molecule has 0 aliphatic rings. The number of carbonyl (C=O) groups excluding carboxylic acids is 2. The van der Waals surface area contributed by atoms with Crippen molar-refractivity contribution in [3.05, 3.63) is 0 Å². The predicted molar refractivity (Wildman–Crippen MR) is 85.4 cm³/mol. The van der Waals surface area contributed by atoms with Crippen LogP contribution in [-0.4, -0.2) is 52.2 Å². The summed E-state index contributed by atoms with van der Waals surface area (Å²) in [5.41, 5.74) is 5.70. The molecule has 0 aromatic heterocycles. The molecule has 0 saturated carbocycles. The summed E-state index contributed by atoms with van der Waals surface area (Å²) in [4.78, 5) is 35.4. The van der Waals surface area contributed by atoms with Gasteiger partial charge in [-0.25, -0.2) is 4.79 Å². The number of aliphatic hydroxyl groups excluding tert-OH is 1. The minimum absolute atomic E-state index is 0.0605. The number of hydrogen-bond donors (Lipinski definition) is 5.